The third-order valence-corrected chi connectivity index (χ3v) is 3.04. The second-order valence-electron chi connectivity index (χ2n) is 4.50. The van der Waals surface area contributed by atoms with E-state index in [2.05, 4.69) is 15.7 Å². The summed E-state index contributed by atoms with van der Waals surface area (Å²) in [5.74, 6) is -3.09. The minimum Gasteiger partial charge on any atom is -0.481 e. The summed E-state index contributed by atoms with van der Waals surface area (Å²) < 4.78 is 1.37. The minimum atomic E-state index is -1.03. The van der Waals surface area contributed by atoms with Gasteiger partial charge in [0.05, 0.1) is 17.8 Å². The molecule has 1 heterocycles. The number of amides is 2. The molecule has 1 aromatic heterocycles. The van der Waals surface area contributed by atoms with Crippen molar-refractivity contribution in [2.75, 3.05) is 12.4 Å². The lowest BCUT2D eigenvalue weighted by Crippen LogP contribution is -2.29. The number of carboxylic acids is 1. The van der Waals surface area contributed by atoms with Crippen molar-refractivity contribution in [1.82, 2.24) is 15.1 Å². The predicted molar refractivity (Wildman–Crippen MR) is 70.9 cm³/mol. The largest absolute Gasteiger partial charge is 0.481 e. The number of hydrogen-bond donors (Lipinski definition) is 3. The molecule has 0 aliphatic rings. The monoisotopic (exact) mass is 282 g/mol. The number of hydrogen-bond acceptors (Lipinski definition) is 4. The number of carboxylic acid groups (broad SMARTS) is 1. The van der Waals surface area contributed by atoms with Gasteiger partial charge in [0.1, 0.15) is 6.54 Å². The van der Waals surface area contributed by atoms with E-state index in [9.17, 15) is 14.4 Å². The van der Waals surface area contributed by atoms with E-state index in [-0.39, 0.29) is 12.5 Å². The molecule has 0 saturated heterocycles. The van der Waals surface area contributed by atoms with Gasteiger partial charge in [-0.25, -0.2) is 0 Å². The van der Waals surface area contributed by atoms with E-state index in [0.717, 1.165) is 0 Å². The van der Waals surface area contributed by atoms with Crippen molar-refractivity contribution in [3.05, 3.63) is 12.4 Å². The van der Waals surface area contributed by atoms with Crippen molar-refractivity contribution in [3.8, 4) is 0 Å². The van der Waals surface area contributed by atoms with E-state index >= 15 is 0 Å². The molecule has 8 heteroatoms. The average molecular weight is 282 g/mol. The van der Waals surface area contributed by atoms with Gasteiger partial charge in [-0.05, 0) is 0 Å². The van der Waals surface area contributed by atoms with Gasteiger partial charge >= 0.3 is 5.97 Å². The average Bonchev–Trinajstić information content (AvgIpc) is 2.83. The molecule has 2 unspecified atom stereocenters. The molecule has 0 aliphatic carbocycles. The Labute approximate surface area is 116 Å². The van der Waals surface area contributed by atoms with Crippen LogP contribution in [-0.4, -0.2) is 39.7 Å². The number of aromatic nitrogens is 2. The second kappa shape index (κ2) is 6.69. The van der Waals surface area contributed by atoms with Gasteiger partial charge in [-0.15, -0.1) is 0 Å². The fraction of sp³-hybridized carbons (Fsp3) is 0.500. The SMILES string of the molecule is CNC(=O)Cn1cc(NC(=O)C(C)C(C)C(=O)O)cn1. The molecule has 3 N–H and O–H groups in total. The number of likely N-dealkylation sites (N-methyl/N-ethyl adjacent to an activating group) is 1. The van der Waals surface area contributed by atoms with Crippen molar-refractivity contribution in [1.29, 1.82) is 0 Å². The highest BCUT2D eigenvalue weighted by Crippen LogP contribution is 2.14. The fourth-order valence-electron chi connectivity index (χ4n) is 1.44. The molecule has 1 rings (SSSR count). The summed E-state index contributed by atoms with van der Waals surface area (Å²) in [7, 11) is 1.52. The summed E-state index contributed by atoms with van der Waals surface area (Å²) >= 11 is 0. The van der Waals surface area contributed by atoms with Crippen LogP contribution in [0.2, 0.25) is 0 Å². The first-order valence-electron chi connectivity index (χ1n) is 6.11. The van der Waals surface area contributed by atoms with Crippen LogP contribution in [0.3, 0.4) is 0 Å². The van der Waals surface area contributed by atoms with Gasteiger partial charge in [-0.1, -0.05) is 13.8 Å². The zero-order valence-electron chi connectivity index (χ0n) is 11.6. The Kier molecular flexibility index (Phi) is 5.24. The molecule has 110 valence electrons. The van der Waals surface area contributed by atoms with Crippen LogP contribution in [0.15, 0.2) is 12.4 Å². The molecular weight excluding hydrogens is 264 g/mol. The lowest BCUT2D eigenvalue weighted by atomic mass is 9.95. The van der Waals surface area contributed by atoms with Crippen LogP contribution in [0, 0.1) is 11.8 Å². The van der Waals surface area contributed by atoms with Gasteiger partial charge in [0.2, 0.25) is 11.8 Å². The normalized spacial score (nSPS) is 13.3. The predicted octanol–water partition coefficient (Wildman–Crippen LogP) is -0.0756. The Morgan fingerprint density at radius 1 is 1.35 bits per heavy atom. The maximum Gasteiger partial charge on any atom is 0.307 e. The third kappa shape index (κ3) is 4.08. The molecule has 0 spiro atoms. The number of rotatable bonds is 6. The number of anilines is 1. The highest BCUT2D eigenvalue weighted by Gasteiger charge is 2.25. The van der Waals surface area contributed by atoms with Gasteiger partial charge in [0.25, 0.3) is 0 Å². The Balaban J connectivity index is 2.63. The van der Waals surface area contributed by atoms with Gasteiger partial charge in [0.15, 0.2) is 0 Å². The van der Waals surface area contributed by atoms with Crippen LogP contribution in [0.4, 0.5) is 5.69 Å². The number of nitrogens with one attached hydrogen (secondary N) is 2. The van der Waals surface area contributed by atoms with Crippen LogP contribution < -0.4 is 10.6 Å². The van der Waals surface area contributed by atoms with E-state index in [1.54, 1.807) is 6.92 Å². The first-order valence-corrected chi connectivity index (χ1v) is 6.11. The maximum atomic E-state index is 11.9. The van der Waals surface area contributed by atoms with E-state index in [1.807, 2.05) is 0 Å². The quantitative estimate of drug-likeness (QED) is 0.675. The van der Waals surface area contributed by atoms with E-state index in [4.69, 9.17) is 5.11 Å². The number of aliphatic carboxylic acids is 1. The van der Waals surface area contributed by atoms with Crippen LogP contribution in [0.25, 0.3) is 0 Å². The second-order valence-corrected chi connectivity index (χ2v) is 4.50. The van der Waals surface area contributed by atoms with Crippen molar-refractivity contribution in [2.24, 2.45) is 11.8 Å². The van der Waals surface area contributed by atoms with E-state index in [1.165, 1.54) is 31.0 Å². The highest BCUT2D eigenvalue weighted by molar-refractivity contribution is 5.94. The highest BCUT2D eigenvalue weighted by atomic mass is 16.4. The molecular formula is C12H18N4O4. The molecule has 1 aromatic rings. The first-order chi connectivity index (χ1) is 9.35. The standard InChI is InChI=1S/C12H18N4O4/c1-7(8(2)12(19)20)11(18)15-9-4-14-16(5-9)6-10(17)13-3/h4-5,7-8H,6H2,1-3H3,(H,13,17)(H,15,18)(H,19,20). The van der Waals surface area contributed by atoms with Crippen LogP contribution in [0.5, 0.6) is 0 Å². The molecule has 0 saturated carbocycles. The molecule has 2 amide bonds. The topological polar surface area (TPSA) is 113 Å². The molecule has 20 heavy (non-hydrogen) atoms. The molecule has 0 radical (unpaired) electrons. The summed E-state index contributed by atoms with van der Waals surface area (Å²) in [6.45, 7) is 3.07. The Morgan fingerprint density at radius 2 is 2.00 bits per heavy atom. The molecule has 0 bridgehead atoms. The van der Waals surface area contributed by atoms with E-state index in [0.29, 0.717) is 5.69 Å². The number of carbonyl (C=O) groups is 3. The first kappa shape index (κ1) is 15.7. The minimum absolute atomic E-state index is 0.0491. The maximum absolute atomic E-state index is 11.9. The number of carbonyl (C=O) groups excluding carboxylic acids is 2. The summed E-state index contributed by atoms with van der Waals surface area (Å²) in [5, 5.41) is 17.8. The third-order valence-electron chi connectivity index (χ3n) is 3.04. The Morgan fingerprint density at radius 3 is 2.55 bits per heavy atom. The van der Waals surface area contributed by atoms with Crippen LogP contribution in [-0.2, 0) is 20.9 Å². The fourth-order valence-corrected chi connectivity index (χ4v) is 1.44. The van der Waals surface area contributed by atoms with Gasteiger partial charge < -0.3 is 15.7 Å². The molecule has 2 atom stereocenters. The Hall–Kier alpha value is -2.38. The van der Waals surface area contributed by atoms with Gasteiger partial charge in [0, 0.05) is 19.2 Å². The Bertz CT molecular complexity index is 511. The number of nitrogens with zero attached hydrogens (tertiary/aromatic N) is 2. The summed E-state index contributed by atoms with van der Waals surface area (Å²) in [5.41, 5.74) is 0.420. The van der Waals surface area contributed by atoms with Crippen molar-refractivity contribution < 1.29 is 19.5 Å². The van der Waals surface area contributed by atoms with Crippen LogP contribution in [0.1, 0.15) is 13.8 Å². The van der Waals surface area contributed by atoms with Crippen LogP contribution >= 0.6 is 0 Å². The molecule has 0 aromatic carbocycles. The summed E-state index contributed by atoms with van der Waals surface area (Å²) in [4.78, 5) is 33.8. The summed E-state index contributed by atoms with van der Waals surface area (Å²) in [6, 6.07) is 0. The lowest BCUT2D eigenvalue weighted by molar-refractivity contribution is -0.145. The van der Waals surface area contributed by atoms with E-state index < -0.39 is 23.7 Å². The van der Waals surface area contributed by atoms with Crippen molar-refractivity contribution >= 4 is 23.5 Å². The lowest BCUT2D eigenvalue weighted by Gasteiger charge is -2.14. The zero-order chi connectivity index (χ0) is 15.3. The molecule has 0 fully saturated rings. The zero-order valence-corrected chi connectivity index (χ0v) is 11.6. The van der Waals surface area contributed by atoms with Gasteiger partial charge in [-0.2, -0.15) is 5.10 Å². The van der Waals surface area contributed by atoms with Crippen molar-refractivity contribution in [3.63, 3.8) is 0 Å². The summed E-state index contributed by atoms with van der Waals surface area (Å²) in [6.07, 6.45) is 2.91. The van der Waals surface area contributed by atoms with Crippen molar-refractivity contribution in [2.45, 2.75) is 20.4 Å². The molecule has 0 aliphatic heterocycles. The molecule has 8 nitrogen and oxygen atoms in total. The smallest absolute Gasteiger partial charge is 0.307 e. The van der Waals surface area contributed by atoms with Gasteiger partial charge in [-0.3, -0.25) is 19.1 Å².